The minimum absolute atomic E-state index is 0.0466. The van der Waals surface area contributed by atoms with E-state index in [2.05, 4.69) is 17.3 Å². The molecule has 5 rings (SSSR count). The molecule has 6 nitrogen and oxygen atoms in total. The lowest BCUT2D eigenvalue weighted by Gasteiger charge is -2.33. The molecule has 1 atom stereocenters. The monoisotopic (exact) mass is 474 g/mol. The Hall–Kier alpha value is -3.48. The van der Waals surface area contributed by atoms with Crippen LogP contribution in [0.25, 0.3) is 5.69 Å². The zero-order valence-electron chi connectivity index (χ0n) is 20.3. The molecule has 35 heavy (non-hydrogen) atoms. The topological polar surface area (TPSA) is 67.2 Å². The maximum atomic E-state index is 13.4. The molecule has 7 heteroatoms. The summed E-state index contributed by atoms with van der Waals surface area (Å²) in [5, 5.41) is 7.66. The van der Waals surface area contributed by atoms with Crippen molar-refractivity contribution < 1.29 is 14.0 Å². The van der Waals surface area contributed by atoms with E-state index in [0.29, 0.717) is 16.9 Å². The molecule has 1 aliphatic heterocycles. The molecule has 3 aromatic rings. The van der Waals surface area contributed by atoms with Crippen LogP contribution in [0.15, 0.2) is 42.5 Å². The van der Waals surface area contributed by atoms with Crippen molar-refractivity contribution in [2.24, 2.45) is 0 Å². The Morgan fingerprint density at radius 3 is 2.54 bits per heavy atom. The molecule has 1 unspecified atom stereocenters. The lowest BCUT2D eigenvalue weighted by molar-refractivity contribution is 0.0635. The fourth-order valence-electron chi connectivity index (χ4n) is 5.26. The van der Waals surface area contributed by atoms with Gasteiger partial charge in [-0.3, -0.25) is 9.59 Å². The average molecular weight is 475 g/mol. The first-order valence-corrected chi connectivity index (χ1v) is 12.5. The molecule has 0 spiro atoms. The summed E-state index contributed by atoms with van der Waals surface area (Å²) in [6.45, 7) is 4.79. The summed E-state index contributed by atoms with van der Waals surface area (Å²) in [5.74, 6) is -0.527. The first kappa shape index (κ1) is 23.3. The fraction of sp³-hybridized carbons (Fsp3) is 0.393. The van der Waals surface area contributed by atoms with Crippen LogP contribution in [0, 0.1) is 12.7 Å². The number of nitrogens with zero attached hydrogens (tertiary/aromatic N) is 3. The lowest BCUT2D eigenvalue weighted by Crippen LogP contribution is -2.42. The number of anilines is 1. The van der Waals surface area contributed by atoms with Crippen LogP contribution >= 0.6 is 0 Å². The van der Waals surface area contributed by atoms with E-state index >= 15 is 0 Å². The summed E-state index contributed by atoms with van der Waals surface area (Å²) in [7, 11) is 0. The summed E-state index contributed by atoms with van der Waals surface area (Å²) in [4.78, 5) is 28.3. The van der Waals surface area contributed by atoms with E-state index in [1.807, 2.05) is 17.9 Å². The SMILES string of the molecule is Cc1cc(C(=O)N2CCCCC2C)ccc1NC(=O)c1nn(-c2ccc(F)cc2)c2c1CCCC2. The maximum absolute atomic E-state index is 13.4. The number of hydrogen-bond acceptors (Lipinski definition) is 3. The van der Waals surface area contributed by atoms with Gasteiger partial charge < -0.3 is 10.2 Å². The molecular formula is C28H31FN4O2. The van der Waals surface area contributed by atoms with Gasteiger partial charge >= 0.3 is 0 Å². The Labute approximate surface area is 205 Å². The zero-order valence-corrected chi connectivity index (χ0v) is 20.3. The van der Waals surface area contributed by atoms with Gasteiger partial charge in [0.2, 0.25) is 0 Å². The van der Waals surface area contributed by atoms with Crippen molar-refractivity contribution in [1.29, 1.82) is 0 Å². The second-order valence-corrected chi connectivity index (χ2v) is 9.70. The molecule has 0 radical (unpaired) electrons. The average Bonchev–Trinajstić information content (AvgIpc) is 3.25. The first-order chi connectivity index (χ1) is 16.9. The summed E-state index contributed by atoms with van der Waals surface area (Å²) in [6.07, 6.45) is 6.90. The van der Waals surface area contributed by atoms with Crippen molar-refractivity contribution in [3.8, 4) is 5.69 Å². The van der Waals surface area contributed by atoms with Crippen molar-refractivity contribution in [1.82, 2.24) is 14.7 Å². The molecule has 1 aromatic heterocycles. The Kier molecular flexibility index (Phi) is 6.41. The number of carbonyl (C=O) groups excluding carboxylic acids is 2. The Bertz CT molecular complexity index is 1260. The van der Waals surface area contributed by atoms with E-state index in [1.165, 1.54) is 12.1 Å². The highest BCUT2D eigenvalue weighted by Gasteiger charge is 2.27. The van der Waals surface area contributed by atoms with Gasteiger partial charge in [0.1, 0.15) is 5.82 Å². The molecule has 0 saturated carbocycles. The molecule has 2 heterocycles. The van der Waals surface area contributed by atoms with Crippen LogP contribution in [0.4, 0.5) is 10.1 Å². The highest BCUT2D eigenvalue weighted by molar-refractivity contribution is 6.05. The van der Waals surface area contributed by atoms with E-state index in [9.17, 15) is 14.0 Å². The minimum atomic E-state index is -0.306. The third-order valence-electron chi connectivity index (χ3n) is 7.25. The van der Waals surface area contributed by atoms with Crippen LogP contribution in [0.3, 0.4) is 0 Å². The molecule has 2 amide bonds. The van der Waals surface area contributed by atoms with E-state index in [1.54, 1.807) is 28.9 Å². The highest BCUT2D eigenvalue weighted by Crippen LogP contribution is 2.28. The molecule has 1 saturated heterocycles. The molecule has 182 valence electrons. The molecular weight excluding hydrogens is 443 g/mol. The Balaban J connectivity index is 1.39. The molecule has 2 aliphatic rings. The number of carbonyl (C=O) groups is 2. The van der Waals surface area contributed by atoms with Gasteiger partial charge in [-0.15, -0.1) is 0 Å². The molecule has 1 N–H and O–H groups in total. The number of aryl methyl sites for hydroxylation is 1. The van der Waals surface area contributed by atoms with E-state index in [0.717, 1.165) is 74.0 Å². The molecule has 1 fully saturated rings. The van der Waals surface area contributed by atoms with Crippen molar-refractivity contribution in [3.05, 3.63) is 76.4 Å². The fourth-order valence-corrected chi connectivity index (χ4v) is 5.26. The number of hydrogen-bond donors (Lipinski definition) is 1. The second kappa shape index (κ2) is 9.64. The predicted molar refractivity (Wildman–Crippen MR) is 134 cm³/mol. The van der Waals surface area contributed by atoms with Crippen molar-refractivity contribution >= 4 is 17.5 Å². The summed E-state index contributed by atoms with van der Waals surface area (Å²) >= 11 is 0. The van der Waals surface area contributed by atoms with Crippen LogP contribution in [0.1, 0.15) is 76.7 Å². The smallest absolute Gasteiger partial charge is 0.276 e. The number of rotatable bonds is 4. The van der Waals surface area contributed by atoms with Crippen molar-refractivity contribution in [3.63, 3.8) is 0 Å². The highest BCUT2D eigenvalue weighted by atomic mass is 19.1. The van der Waals surface area contributed by atoms with Crippen molar-refractivity contribution in [2.75, 3.05) is 11.9 Å². The van der Waals surface area contributed by atoms with E-state index in [-0.39, 0.29) is 23.7 Å². The normalized spacial score (nSPS) is 17.7. The van der Waals surface area contributed by atoms with Crippen LogP contribution in [0.2, 0.25) is 0 Å². The van der Waals surface area contributed by atoms with Gasteiger partial charge in [0.05, 0.1) is 5.69 Å². The quantitative estimate of drug-likeness (QED) is 0.546. The first-order valence-electron chi connectivity index (χ1n) is 12.5. The number of amides is 2. The van der Waals surface area contributed by atoms with Gasteiger partial charge in [0.15, 0.2) is 5.69 Å². The molecule has 1 aliphatic carbocycles. The van der Waals surface area contributed by atoms with Crippen LogP contribution in [-0.4, -0.2) is 39.1 Å². The predicted octanol–water partition coefficient (Wildman–Crippen LogP) is 5.47. The van der Waals surface area contributed by atoms with E-state index in [4.69, 9.17) is 0 Å². The van der Waals surface area contributed by atoms with Crippen LogP contribution in [-0.2, 0) is 12.8 Å². The van der Waals surface area contributed by atoms with Gasteiger partial charge in [0, 0.05) is 35.1 Å². The van der Waals surface area contributed by atoms with Gasteiger partial charge in [0.25, 0.3) is 11.8 Å². The number of likely N-dealkylation sites (tertiary alicyclic amines) is 1. The summed E-state index contributed by atoms with van der Waals surface area (Å²) in [6, 6.07) is 11.9. The Morgan fingerprint density at radius 1 is 1.03 bits per heavy atom. The lowest BCUT2D eigenvalue weighted by atomic mass is 9.95. The number of fused-ring (bicyclic) bond motifs is 1. The Morgan fingerprint density at radius 2 is 1.80 bits per heavy atom. The third kappa shape index (κ3) is 4.59. The van der Waals surface area contributed by atoms with Crippen LogP contribution in [0.5, 0.6) is 0 Å². The zero-order chi connectivity index (χ0) is 24.5. The third-order valence-corrected chi connectivity index (χ3v) is 7.25. The van der Waals surface area contributed by atoms with Gasteiger partial charge in [-0.1, -0.05) is 0 Å². The van der Waals surface area contributed by atoms with Crippen molar-refractivity contribution in [2.45, 2.75) is 64.8 Å². The van der Waals surface area contributed by atoms with Crippen LogP contribution < -0.4 is 5.32 Å². The van der Waals surface area contributed by atoms with Gasteiger partial charge in [-0.05, 0) is 107 Å². The number of nitrogens with one attached hydrogen (secondary N) is 1. The number of benzene rings is 2. The number of piperidine rings is 1. The standard InChI is InChI=1S/C28H31FN4O2/c1-18-17-20(28(35)32-16-6-5-7-19(32)2)10-15-24(18)30-27(34)26-23-8-3-4-9-25(23)33(31-26)22-13-11-21(29)12-14-22/h10-15,17,19H,3-9,16H2,1-2H3,(H,30,34). The molecule has 2 aromatic carbocycles. The number of halogens is 1. The molecule has 0 bridgehead atoms. The van der Waals surface area contributed by atoms with Gasteiger partial charge in [-0.25, -0.2) is 9.07 Å². The van der Waals surface area contributed by atoms with E-state index < -0.39 is 0 Å². The van der Waals surface area contributed by atoms with Gasteiger partial charge in [-0.2, -0.15) is 5.10 Å². The largest absolute Gasteiger partial charge is 0.336 e. The summed E-state index contributed by atoms with van der Waals surface area (Å²) < 4.78 is 15.2. The maximum Gasteiger partial charge on any atom is 0.276 e. The minimum Gasteiger partial charge on any atom is -0.336 e. The number of aromatic nitrogens is 2. The summed E-state index contributed by atoms with van der Waals surface area (Å²) in [5.41, 5.74) is 5.27. The second-order valence-electron chi connectivity index (χ2n) is 9.70.